The number of sulfonamides is 1. The molecule has 4 rings (SSSR count). The third-order valence-electron chi connectivity index (χ3n) is 6.56. The van der Waals surface area contributed by atoms with Crippen molar-refractivity contribution in [1.29, 1.82) is 0 Å². The van der Waals surface area contributed by atoms with Gasteiger partial charge in [-0.15, -0.1) is 0 Å². The summed E-state index contributed by atoms with van der Waals surface area (Å²) in [4.78, 5) is 25.4. The highest BCUT2D eigenvalue weighted by molar-refractivity contribution is 7.90. The number of hydrogen-bond donors (Lipinski definition) is 2. The van der Waals surface area contributed by atoms with Crippen LogP contribution in [0.4, 0.5) is 0 Å². The van der Waals surface area contributed by atoms with Crippen LogP contribution in [0.15, 0.2) is 82.5 Å². The number of benzene rings is 3. The third kappa shape index (κ3) is 6.79. The normalized spacial score (nSPS) is 11.5. The Labute approximate surface area is 228 Å². The van der Waals surface area contributed by atoms with Gasteiger partial charge in [0.05, 0.1) is 22.5 Å². The highest BCUT2D eigenvalue weighted by Gasteiger charge is 2.21. The zero-order valence-corrected chi connectivity index (χ0v) is 22.9. The summed E-state index contributed by atoms with van der Waals surface area (Å²) in [5.41, 5.74) is 8.24. The number of nitrogens with one attached hydrogen (secondary N) is 1. The fourth-order valence-electron chi connectivity index (χ4n) is 4.60. The molecule has 0 saturated heterocycles. The van der Waals surface area contributed by atoms with E-state index in [1.54, 1.807) is 18.2 Å². The van der Waals surface area contributed by atoms with Gasteiger partial charge in [0.25, 0.3) is 15.6 Å². The van der Waals surface area contributed by atoms with Gasteiger partial charge in [-0.25, -0.2) is 17.8 Å². The number of hydrogen-bond acceptors (Lipinski definition) is 6. The summed E-state index contributed by atoms with van der Waals surface area (Å²) >= 11 is 0. The number of nitrogens with zero attached hydrogens (tertiary/aromatic N) is 2. The molecule has 0 fully saturated rings. The van der Waals surface area contributed by atoms with Crippen LogP contribution in [0.3, 0.4) is 0 Å². The number of nitrogens with two attached hydrogens (primary N) is 1. The number of rotatable bonds is 12. The summed E-state index contributed by atoms with van der Waals surface area (Å²) in [5, 5.41) is 6.18. The van der Waals surface area contributed by atoms with Gasteiger partial charge in [-0.3, -0.25) is 9.59 Å². The highest BCUT2D eigenvalue weighted by Crippen LogP contribution is 2.28. The lowest BCUT2D eigenvalue weighted by atomic mass is 10.0. The average molecular weight is 547 g/mol. The first-order valence-electron chi connectivity index (χ1n) is 13.3. The number of fused-ring (bicyclic) bond motifs is 1. The molecule has 1 amide bonds. The average Bonchev–Trinajstić information content (AvgIpc) is 2.94. The van der Waals surface area contributed by atoms with Crippen molar-refractivity contribution >= 4 is 26.7 Å². The summed E-state index contributed by atoms with van der Waals surface area (Å²) < 4.78 is 29.8. The largest absolute Gasteiger partial charge is 0.330 e. The Balaban J connectivity index is 1.57. The first-order chi connectivity index (χ1) is 18.8. The van der Waals surface area contributed by atoms with Gasteiger partial charge < -0.3 is 5.73 Å². The number of amides is 1. The van der Waals surface area contributed by atoms with Crippen LogP contribution in [-0.4, -0.2) is 30.7 Å². The van der Waals surface area contributed by atoms with E-state index in [1.165, 1.54) is 10.7 Å². The molecule has 0 aliphatic heterocycles. The molecule has 8 nitrogen and oxygen atoms in total. The quantitative estimate of drug-likeness (QED) is 0.254. The second-order valence-electron chi connectivity index (χ2n) is 9.53. The van der Waals surface area contributed by atoms with Gasteiger partial charge in [-0.05, 0) is 49.1 Å². The van der Waals surface area contributed by atoms with Gasteiger partial charge in [0.15, 0.2) is 0 Å². The Hall–Kier alpha value is -3.82. The van der Waals surface area contributed by atoms with Crippen LogP contribution in [0.25, 0.3) is 21.9 Å². The van der Waals surface area contributed by atoms with E-state index >= 15 is 0 Å². The van der Waals surface area contributed by atoms with Crippen molar-refractivity contribution < 1.29 is 13.2 Å². The second kappa shape index (κ2) is 12.8. The molecule has 1 heterocycles. The van der Waals surface area contributed by atoms with E-state index in [9.17, 15) is 18.0 Å². The smallest absolute Gasteiger partial charge is 0.274 e. The molecular weight excluding hydrogens is 512 g/mol. The van der Waals surface area contributed by atoms with E-state index in [-0.39, 0.29) is 16.9 Å². The van der Waals surface area contributed by atoms with Crippen molar-refractivity contribution in [1.82, 2.24) is 14.5 Å². The Bertz CT molecular complexity index is 1610. The number of aromatic nitrogens is 2. The molecule has 0 spiro atoms. The molecule has 3 aromatic carbocycles. The topological polar surface area (TPSA) is 124 Å². The number of aryl methyl sites for hydroxylation is 1. The summed E-state index contributed by atoms with van der Waals surface area (Å²) in [5.74, 6) is -0.534. The molecule has 0 saturated carbocycles. The maximum atomic E-state index is 13.1. The van der Waals surface area contributed by atoms with Crippen LogP contribution in [0.1, 0.15) is 50.3 Å². The van der Waals surface area contributed by atoms with Crippen molar-refractivity contribution in [2.75, 3.05) is 6.54 Å². The fourth-order valence-corrected chi connectivity index (χ4v) is 5.84. The van der Waals surface area contributed by atoms with Gasteiger partial charge in [0.1, 0.15) is 0 Å². The Morgan fingerprint density at radius 2 is 1.62 bits per heavy atom. The lowest BCUT2D eigenvalue weighted by Gasteiger charge is -2.13. The van der Waals surface area contributed by atoms with Gasteiger partial charge in [0, 0.05) is 17.4 Å². The van der Waals surface area contributed by atoms with Crippen LogP contribution >= 0.6 is 0 Å². The van der Waals surface area contributed by atoms with E-state index in [2.05, 4.69) is 16.7 Å². The van der Waals surface area contributed by atoms with Gasteiger partial charge in [-0.2, -0.15) is 5.10 Å². The SMILES string of the molecule is CCCc1nn(Cc2ccc(-c3ccccc3S(=O)(=O)NC(=O)CCCCCN)cc2)c(=O)c2ccccc12. The minimum atomic E-state index is -4.06. The predicted molar refractivity (Wildman–Crippen MR) is 154 cm³/mol. The summed E-state index contributed by atoms with van der Waals surface area (Å²) in [6.45, 7) is 2.92. The summed E-state index contributed by atoms with van der Waals surface area (Å²) in [6, 6.07) is 21.5. The van der Waals surface area contributed by atoms with Crippen molar-refractivity contribution in [3.05, 3.63) is 94.4 Å². The van der Waals surface area contributed by atoms with Crippen LogP contribution in [0, 0.1) is 0 Å². The Morgan fingerprint density at radius 3 is 2.33 bits per heavy atom. The van der Waals surface area contributed by atoms with Gasteiger partial charge in [-0.1, -0.05) is 80.4 Å². The molecule has 0 atom stereocenters. The second-order valence-corrected chi connectivity index (χ2v) is 11.2. The fraction of sp³-hybridized carbons (Fsp3) is 0.300. The zero-order valence-electron chi connectivity index (χ0n) is 22.1. The molecule has 39 heavy (non-hydrogen) atoms. The van der Waals surface area contributed by atoms with Crippen molar-refractivity contribution in [3.63, 3.8) is 0 Å². The molecule has 0 bridgehead atoms. The number of unbranched alkanes of at least 4 members (excludes halogenated alkanes) is 2. The van der Waals surface area contributed by atoms with Gasteiger partial charge >= 0.3 is 0 Å². The van der Waals surface area contributed by atoms with Crippen molar-refractivity contribution in [2.45, 2.75) is 56.9 Å². The van der Waals surface area contributed by atoms with Crippen LogP contribution in [-0.2, 0) is 27.8 Å². The molecule has 1 aromatic heterocycles. The summed E-state index contributed by atoms with van der Waals surface area (Å²) in [7, 11) is -4.06. The van der Waals surface area contributed by atoms with E-state index in [4.69, 9.17) is 5.73 Å². The predicted octanol–water partition coefficient (Wildman–Crippen LogP) is 4.39. The molecule has 0 radical (unpaired) electrons. The molecule has 204 valence electrons. The lowest BCUT2D eigenvalue weighted by Crippen LogP contribution is -2.30. The van der Waals surface area contributed by atoms with Crippen molar-refractivity contribution in [3.8, 4) is 11.1 Å². The minimum Gasteiger partial charge on any atom is -0.330 e. The maximum absolute atomic E-state index is 13.1. The minimum absolute atomic E-state index is 0.0321. The Kier molecular flexibility index (Phi) is 9.27. The summed E-state index contributed by atoms with van der Waals surface area (Å²) in [6.07, 6.45) is 3.96. The molecule has 0 aliphatic rings. The van der Waals surface area contributed by atoms with E-state index < -0.39 is 15.9 Å². The van der Waals surface area contributed by atoms with Crippen LogP contribution in [0.2, 0.25) is 0 Å². The first-order valence-corrected chi connectivity index (χ1v) is 14.7. The zero-order chi connectivity index (χ0) is 27.8. The highest BCUT2D eigenvalue weighted by atomic mass is 32.2. The Morgan fingerprint density at radius 1 is 0.923 bits per heavy atom. The molecule has 3 N–H and O–H groups in total. The maximum Gasteiger partial charge on any atom is 0.274 e. The molecule has 0 aliphatic carbocycles. The van der Waals surface area contributed by atoms with E-state index in [1.807, 2.05) is 48.5 Å². The molecule has 0 unspecified atom stereocenters. The van der Waals surface area contributed by atoms with Crippen molar-refractivity contribution in [2.24, 2.45) is 5.73 Å². The number of carbonyl (C=O) groups is 1. The lowest BCUT2D eigenvalue weighted by molar-refractivity contribution is -0.119. The van der Waals surface area contributed by atoms with Crippen LogP contribution < -0.4 is 16.0 Å². The monoisotopic (exact) mass is 546 g/mol. The first kappa shape index (κ1) is 28.2. The standard InChI is InChI=1S/C30H34N4O4S/c1-2-10-27-25-12-5-6-13-26(25)30(36)34(32-27)21-22-16-18-23(19-17-22)24-11-7-8-14-28(24)39(37,38)33-29(35)15-4-3-9-20-31/h5-8,11-14,16-19H,2-4,9-10,15,20-21,31H2,1H3,(H,33,35). The van der Waals surface area contributed by atoms with E-state index in [0.717, 1.165) is 42.3 Å². The molecular formula is C30H34N4O4S. The van der Waals surface area contributed by atoms with Crippen LogP contribution in [0.5, 0.6) is 0 Å². The molecule has 4 aromatic rings. The molecule has 9 heteroatoms. The van der Waals surface area contributed by atoms with Gasteiger partial charge in [0.2, 0.25) is 5.91 Å². The number of carbonyl (C=O) groups excluding carboxylic acids is 1. The van der Waals surface area contributed by atoms with E-state index in [0.29, 0.717) is 36.0 Å². The third-order valence-corrected chi connectivity index (χ3v) is 7.99.